The lowest BCUT2D eigenvalue weighted by atomic mass is 10.2. The van der Waals surface area contributed by atoms with Gasteiger partial charge in [-0.05, 0) is 25.7 Å². The Balaban J connectivity index is 1.67. The van der Waals surface area contributed by atoms with E-state index < -0.39 is 0 Å². The van der Waals surface area contributed by atoms with Crippen LogP contribution in [0.3, 0.4) is 0 Å². The Morgan fingerprint density at radius 3 is 2.47 bits per heavy atom. The molecule has 2 fully saturated rings. The first-order valence-electron chi connectivity index (χ1n) is 7.60. The number of nitrogens with two attached hydrogens (primary N) is 1. The largest absolute Gasteiger partial charge is 0.370 e. The monoisotopic (exact) mass is 266 g/mol. The van der Waals surface area contributed by atoms with Gasteiger partial charge in [-0.15, -0.1) is 0 Å². The molecule has 2 rings (SSSR count). The molecule has 0 bridgehead atoms. The molecule has 0 aromatic heterocycles. The summed E-state index contributed by atoms with van der Waals surface area (Å²) in [7, 11) is 0. The van der Waals surface area contributed by atoms with Crippen LogP contribution in [0.5, 0.6) is 0 Å². The number of amides is 1. The highest BCUT2D eigenvalue weighted by Gasteiger charge is 2.19. The Labute approximate surface area is 115 Å². The average Bonchev–Trinajstić information content (AvgIpc) is 2.68. The predicted molar refractivity (Wildman–Crippen MR) is 77.0 cm³/mol. The van der Waals surface area contributed by atoms with Gasteiger partial charge < -0.3 is 15.5 Å². The Morgan fingerprint density at radius 2 is 1.84 bits per heavy atom. The summed E-state index contributed by atoms with van der Waals surface area (Å²) in [6.07, 6.45) is 7.70. The van der Waals surface area contributed by atoms with Crippen LogP contribution in [0.15, 0.2) is 4.99 Å². The maximum absolute atomic E-state index is 11.4. The van der Waals surface area contributed by atoms with Gasteiger partial charge in [-0.3, -0.25) is 9.79 Å². The van der Waals surface area contributed by atoms with Gasteiger partial charge in [0, 0.05) is 39.1 Å². The van der Waals surface area contributed by atoms with Crippen LogP contribution in [0.2, 0.25) is 0 Å². The molecule has 0 aliphatic carbocycles. The summed E-state index contributed by atoms with van der Waals surface area (Å²) in [5, 5.41) is 0. The summed E-state index contributed by atoms with van der Waals surface area (Å²) in [6, 6.07) is 0. The van der Waals surface area contributed by atoms with E-state index in [0.717, 1.165) is 52.0 Å². The molecule has 2 aliphatic heterocycles. The van der Waals surface area contributed by atoms with Crippen LogP contribution in [0.1, 0.15) is 44.9 Å². The molecule has 0 radical (unpaired) electrons. The van der Waals surface area contributed by atoms with E-state index in [0.29, 0.717) is 11.9 Å². The number of guanidine groups is 1. The highest BCUT2D eigenvalue weighted by Crippen LogP contribution is 2.10. The van der Waals surface area contributed by atoms with Crippen molar-refractivity contribution in [1.82, 2.24) is 9.80 Å². The predicted octanol–water partition coefficient (Wildman–Crippen LogP) is 1.19. The third-order valence-corrected chi connectivity index (χ3v) is 3.96. The summed E-state index contributed by atoms with van der Waals surface area (Å²) in [4.78, 5) is 20.0. The van der Waals surface area contributed by atoms with Crippen molar-refractivity contribution in [3.8, 4) is 0 Å². The standard InChI is InChI=1S/C14H26N4O/c15-14(18-9-3-1-2-4-10-18)16-8-6-12-17-11-5-7-13(17)19/h1-12H2,(H2,15,16). The van der Waals surface area contributed by atoms with Crippen molar-refractivity contribution < 1.29 is 4.79 Å². The topological polar surface area (TPSA) is 61.9 Å². The lowest BCUT2D eigenvalue weighted by Crippen LogP contribution is -2.38. The van der Waals surface area contributed by atoms with E-state index in [2.05, 4.69) is 9.89 Å². The van der Waals surface area contributed by atoms with Crippen LogP contribution in [0.25, 0.3) is 0 Å². The molecular formula is C14H26N4O. The van der Waals surface area contributed by atoms with Gasteiger partial charge in [0.1, 0.15) is 0 Å². The fourth-order valence-corrected chi connectivity index (χ4v) is 2.80. The molecule has 2 N–H and O–H groups in total. The molecule has 2 saturated heterocycles. The zero-order valence-electron chi connectivity index (χ0n) is 11.8. The third kappa shape index (κ3) is 4.40. The number of aliphatic imine (C=N–C) groups is 1. The van der Waals surface area contributed by atoms with Crippen LogP contribution in [0, 0.1) is 0 Å². The maximum Gasteiger partial charge on any atom is 0.222 e. The van der Waals surface area contributed by atoms with Crippen molar-refractivity contribution in [2.75, 3.05) is 32.7 Å². The second-order valence-electron chi connectivity index (χ2n) is 5.48. The minimum atomic E-state index is 0.296. The number of carbonyl (C=O) groups is 1. The third-order valence-electron chi connectivity index (χ3n) is 3.96. The highest BCUT2D eigenvalue weighted by molar-refractivity contribution is 5.78. The summed E-state index contributed by atoms with van der Waals surface area (Å²) >= 11 is 0. The maximum atomic E-state index is 11.4. The van der Waals surface area contributed by atoms with Crippen LogP contribution >= 0.6 is 0 Å². The summed E-state index contributed by atoms with van der Waals surface area (Å²) in [5.41, 5.74) is 6.03. The average molecular weight is 266 g/mol. The summed E-state index contributed by atoms with van der Waals surface area (Å²) in [5.74, 6) is 0.985. The first-order valence-corrected chi connectivity index (χ1v) is 7.60. The number of carbonyl (C=O) groups excluding carboxylic acids is 1. The van der Waals surface area contributed by atoms with E-state index in [1.807, 2.05) is 4.90 Å². The molecule has 0 saturated carbocycles. The molecule has 0 aromatic carbocycles. The molecule has 2 heterocycles. The number of hydrogen-bond donors (Lipinski definition) is 1. The molecule has 108 valence electrons. The molecular weight excluding hydrogens is 240 g/mol. The van der Waals surface area contributed by atoms with Gasteiger partial charge >= 0.3 is 0 Å². The Morgan fingerprint density at radius 1 is 1.11 bits per heavy atom. The molecule has 0 atom stereocenters. The molecule has 19 heavy (non-hydrogen) atoms. The zero-order valence-corrected chi connectivity index (χ0v) is 11.8. The smallest absolute Gasteiger partial charge is 0.222 e. The Hall–Kier alpha value is -1.26. The molecule has 0 unspecified atom stereocenters. The van der Waals surface area contributed by atoms with Gasteiger partial charge in [0.25, 0.3) is 0 Å². The molecule has 5 heteroatoms. The quantitative estimate of drug-likeness (QED) is 0.472. The lowest BCUT2D eigenvalue weighted by Gasteiger charge is -2.21. The fraction of sp³-hybridized carbons (Fsp3) is 0.857. The van der Waals surface area contributed by atoms with Crippen LogP contribution in [0.4, 0.5) is 0 Å². The number of rotatable bonds is 4. The van der Waals surface area contributed by atoms with Gasteiger partial charge in [-0.2, -0.15) is 0 Å². The van der Waals surface area contributed by atoms with E-state index in [9.17, 15) is 4.79 Å². The van der Waals surface area contributed by atoms with Crippen LogP contribution < -0.4 is 5.73 Å². The van der Waals surface area contributed by atoms with E-state index in [1.165, 1.54) is 25.7 Å². The minimum absolute atomic E-state index is 0.296. The summed E-state index contributed by atoms with van der Waals surface area (Å²) in [6.45, 7) is 4.56. The van der Waals surface area contributed by atoms with Gasteiger partial charge in [0.05, 0.1) is 0 Å². The van der Waals surface area contributed by atoms with E-state index in [1.54, 1.807) is 0 Å². The van der Waals surface area contributed by atoms with Gasteiger partial charge in [0.15, 0.2) is 5.96 Å². The number of likely N-dealkylation sites (tertiary alicyclic amines) is 2. The van der Waals surface area contributed by atoms with Crippen molar-refractivity contribution >= 4 is 11.9 Å². The van der Waals surface area contributed by atoms with Crippen molar-refractivity contribution in [3.05, 3.63) is 0 Å². The first-order chi connectivity index (χ1) is 9.27. The SMILES string of the molecule is NC(=NCCCN1CCCC1=O)N1CCCCCC1. The molecule has 0 spiro atoms. The normalized spacial score (nSPS) is 21.9. The van der Waals surface area contributed by atoms with Crippen molar-refractivity contribution in [1.29, 1.82) is 0 Å². The summed E-state index contributed by atoms with van der Waals surface area (Å²) < 4.78 is 0. The van der Waals surface area contributed by atoms with Gasteiger partial charge in [-0.25, -0.2) is 0 Å². The number of nitrogens with zero attached hydrogens (tertiary/aromatic N) is 3. The zero-order chi connectivity index (χ0) is 13.5. The van der Waals surface area contributed by atoms with Crippen molar-refractivity contribution in [2.45, 2.75) is 44.9 Å². The number of hydrogen-bond acceptors (Lipinski definition) is 2. The van der Waals surface area contributed by atoms with Crippen molar-refractivity contribution in [2.24, 2.45) is 10.7 Å². The second-order valence-corrected chi connectivity index (χ2v) is 5.48. The minimum Gasteiger partial charge on any atom is -0.370 e. The molecule has 0 aromatic rings. The first kappa shape index (κ1) is 14.2. The van der Waals surface area contributed by atoms with E-state index in [-0.39, 0.29) is 0 Å². The van der Waals surface area contributed by atoms with E-state index >= 15 is 0 Å². The van der Waals surface area contributed by atoms with E-state index in [4.69, 9.17) is 5.73 Å². The van der Waals surface area contributed by atoms with Gasteiger partial charge in [0.2, 0.25) is 5.91 Å². The molecule has 2 aliphatic rings. The second kappa shape index (κ2) is 7.36. The molecule has 1 amide bonds. The fourth-order valence-electron chi connectivity index (χ4n) is 2.80. The molecule has 5 nitrogen and oxygen atoms in total. The lowest BCUT2D eigenvalue weighted by molar-refractivity contribution is -0.127. The van der Waals surface area contributed by atoms with Crippen LogP contribution in [-0.4, -0.2) is 54.4 Å². The van der Waals surface area contributed by atoms with Crippen molar-refractivity contribution in [3.63, 3.8) is 0 Å². The highest BCUT2D eigenvalue weighted by atomic mass is 16.2. The van der Waals surface area contributed by atoms with Crippen LogP contribution in [-0.2, 0) is 4.79 Å². The Bertz CT molecular complexity index is 321. The van der Waals surface area contributed by atoms with Gasteiger partial charge in [-0.1, -0.05) is 12.8 Å². The Kier molecular flexibility index (Phi) is 5.48.